The van der Waals surface area contributed by atoms with E-state index in [9.17, 15) is 4.79 Å². The Balaban J connectivity index is 3.48. The Morgan fingerprint density at radius 1 is 1.06 bits per heavy atom. The molecule has 0 aromatic heterocycles. The largest absolute Gasteiger partial charge is 0.351 e. The van der Waals surface area contributed by atoms with Gasteiger partial charge in [-0.2, -0.15) is 0 Å². The van der Waals surface area contributed by atoms with Gasteiger partial charge in [0.2, 0.25) is 5.91 Å². The van der Waals surface area contributed by atoms with Crippen LogP contribution in [0.15, 0.2) is 0 Å². The van der Waals surface area contributed by atoms with Crippen LogP contribution in [0.25, 0.3) is 0 Å². The predicted octanol–water partition coefficient (Wildman–Crippen LogP) is 3.37. The lowest BCUT2D eigenvalue weighted by atomic mass is 10.0. The second-order valence-electron chi connectivity index (χ2n) is 5.84. The van der Waals surface area contributed by atoms with Crippen LogP contribution in [-0.2, 0) is 4.79 Å². The topological polar surface area (TPSA) is 55.1 Å². The smallest absolute Gasteiger partial charge is 0.220 e. The molecule has 3 N–H and O–H groups in total. The summed E-state index contributed by atoms with van der Waals surface area (Å²) in [4.78, 5) is 11.7. The monoisotopic (exact) mass is 256 g/mol. The van der Waals surface area contributed by atoms with Gasteiger partial charge in [0.05, 0.1) is 0 Å². The van der Waals surface area contributed by atoms with Crippen molar-refractivity contribution in [2.45, 2.75) is 84.1 Å². The van der Waals surface area contributed by atoms with Crippen LogP contribution in [0.1, 0.15) is 78.6 Å². The standard InChI is InChI=1S/C15H32N2O/c1-4-5-6-7-8-9-10-11-14(18)17-15(2,3)12-13-16/h4-13,16H2,1-3H3,(H,17,18). The third kappa shape index (κ3) is 10.6. The van der Waals surface area contributed by atoms with Crippen LogP contribution in [0.5, 0.6) is 0 Å². The normalized spacial score (nSPS) is 11.6. The first-order valence-corrected chi connectivity index (χ1v) is 7.53. The molecule has 0 aliphatic heterocycles. The molecule has 18 heavy (non-hydrogen) atoms. The maximum Gasteiger partial charge on any atom is 0.220 e. The Bertz CT molecular complexity index is 215. The van der Waals surface area contributed by atoms with Crippen molar-refractivity contribution in [3.8, 4) is 0 Å². The first-order chi connectivity index (χ1) is 8.52. The van der Waals surface area contributed by atoms with Crippen LogP contribution in [0, 0.1) is 0 Å². The van der Waals surface area contributed by atoms with Gasteiger partial charge in [-0.05, 0) is 33.2 Å². The number of hydrogen-bond acceptors (Lipinski definition) is 2. The van der Waals surface area contributed by atoms with E-state index in [1.54, 1.807) is 0 Å². The number of carbonyl (C=O) groups is 1. The maximum atomic E-state index is 11.7. The minimum Gasteiger partial charge on any atom is -0.351 e. The lowest BCUT2D eigenvalue weighted by molar-refractivity contribution is -0.122. The van der Waals surface area contributed by atoms with Gasteiger partial charge in [0, 0.05) is 12.0 Å². The number of unbranched alkanes of at least 4 members (excludes halogenated alkanes) is 6. The molecule has 3 nitrogen and oxygen atoms in total. The number of hydrogen-bond donors (Lipinski definition) is 2. The van der Waals surface area contributed by atoms with Gasteiger partial charge >= 0.3 is 0 Å². The summed E-state index contributed by atoms with van der Waals surface area (Å²) < 4.78 is 0. The molecule has 0 saturated heterocycles. The van der Waals surface area contributed by atoms with Gasteiger partial charge in [-0.3, -0.25) is 4.79 Å². The van der Waals surface area contributed by atoms with E-state index in [1.807, 2.05) is 13.8 Å². The molecule has 0 aliphatic carbocycles. The fourth-order valence-corrected chi connectivity index (χ4v) is 2.11. The van der Waals surface area contributed by atoms with E-state index in [0.29, 0.717) is 13.0 Å². The average molecular weight is 256 g/mol. The Kier molecular flexibility index (Phi) is 10.0. The van der Waals surface area contributed by atoms with E-state index < -0.39 is 0 Å². The summed E-state index contributed by atoms with van der Waals surface area (Å²) in [6.45, 7) is 6.91. The highest BCUT2D eigenvalue weighted by Crippen LogP contribution is 2.10. The molecule has 0 rings (SSSR count). The van der Waals surface area contributed by atoms with Crippen LogP contribution in [0.2, 0.25) is 0 Å². The first-order valence-electron chi connectivity index (χ1n) is 7.53. The number of carbonyl (C=O) groups excluding carboxylic acids is 1. The second kappa shape index (κ2) is 10.4. The summed E-state index contributed by atoms with van der Waals surface area (Å²) in [5.41, 5.74) is 5.36. The Labute approximate surface area is 113 Å². The highest BCUT2D eigenvalue weighted by Gasteiger charge is 2.18. The molecule has 108 valence electrons. The highest BCUT2D eigenvalue weighted by molar-refractivity contribution is 5.76. The number of nitrogens with two attached hydrogens (primary N) is 1. The van der Waals surface area contributed by atoms with Crippen molar-refractivity contribution in [3.05, 3.63) is 0 Å². The third-order valence-corrected chi connectivity index (χ3v) is 3.25. The van der Waals surface area contributed by atoms with Gasteiger partial charge in [0.25, 0.3) is 0 Å². The van der Waals surface area contributed by atoms with Gasteiger partial charge in [0.1, 0.15) is 0 Å². The summed E-state index contributed by atoms with van der Waals surface area (Å²) in [6, 6.07) is 0. The van der Waals surface area contributed by atoms with Crippen LogP contribution in [0.4, 0.5) is 0 Å². The predicted molar refractivity (Wildman–Crippen MR) is 78.5 cm³/mol. The number of rotatable bonds is 11. The van der Waals surface area contributed by atoms with E-state index in [0.717, 1.165) is 12.8 Å². The lowest BCUT2D eigenvalue weighted by Crippen LogP contribution is -2.44. The van der Waals surface area contributed by atoms with Crippen molar-refractivity contribution in [3.63, 3.8) is 0 Å². The summed E-state index contributed by atoms with van der Waals surface area (Å²) in [5.74, 6) is 0.169. The lowest BCUT2D eigenvalue weighted by Gasteiger charge is -2.25. The molecule has 0 aromatic carbocycles. The molecular formula is C15H32N2O. The summed E-state index contributed by atoms with van der Waals surface area (Å²) in [6.07, 6.45) is 10.2. The fraction of sp³-hybridized carbons (Fsp3) is 0.933. The molecule has 0 bridgehead atoms. The third-order valence-electron chi connectivity index (χ3n) is 3.25. The van der Waals surface area contributed by atoms with Crippen LogP contribution in [0.3, 0.4) is 0 Å². The molecule has 0 spiro atoms. The molecular weight excluding hydrogens is 224 g/mol. The fourth-order valence-electron chi connectivity index (χ4n) is 2.11. The van der Waals surface area contributed by atoms with Crippen molar-refractivity contribution in [1.29, 1.82) is 0 Å². The van der Waals surface area contributed by atoms with Crippen molar-refractivity contribution in [2.24, 2.45) is 5.73 Å². The Morgan fingerprint density at radius 2 is 1.61 bits per heavy atom. The highest BCUT2D eigenvalue weighted by atomic mass is 16.1. The molecule has 0 unspecified atom stereocenters. The summed E-state index contributed by atoms with van der Waals surface area (Å²) in [5, 5.41) is 3.05. The quantitative estimate of drug-likeness (QED) is 0.557. The second-order valence-corrected chi connectivity index (χ2v) is 5.84. The first kappa shape index (κ1) is 17.4. The van der Waals surface area contributed by atoms with Gasteiger partial charge in [0.15, 0.2) is 0 Å². The molecule has 0 radical (unpaired) electrons. The van der Waals surface area contributed by atoms with E-state index in [4.69, 9.17) is 5.73 Å². The summed E-state index contributed by atoms with van der Waals surface area (Å²) >= 11 is 0. The molecule has 0 aromatic rings. The van der Waals surface area contributed by atoms with Crippen molar-refractivity contribution < 1.29 is 4.79 Å². The van der Waals surface area contributed by atoms with E-state index >= 15 is 0 Å². The average Bonchev–Trinajstić information content (AvgIpc) is 2.27. The minimum absolute atomic E-state index is 0.160. The SMILES string of the molecule is CCCCCCCCCC(=O)NC(C)(C)CCN. The van der Waals surface area contributed by atoms with Gasteiger partial charge < -0.3 is 11.1 Å². The Morgan fingerprint density at radius 3 is 2.17 bits per heavy atom. The molecule has 1 amide bonds. The van der Waals surface area contributed by atoms with E-state index in [-0.39, 0.29) is 11.4 Å². The molecule has 0 fully saturated rings. The summed E-state index contributed by atoms with van der Waals surface area (Å²) in [7, 11) is 0. The molecule has 3 heteroatoms. The van der Waals surface area contributed by atoms with Gasteiger partial charge in [-0.15, -0.1) is 0 Å². The zero-order chi connectivity index (χ0) is 13.9. The van der Waals surface area contributed by atoms with E-state index in [2.05, 4.69) is 12.2 Å². The van der Waals surface area contributed by atoms with Crippen molar-refractivity contribution in [2.75, 3.05) is 6.54 Å². The zero-order valence-electron chi connectivity index (χ0n) is 12.6. The van der Waals surface area contributed by atoms with Crippen molar-refractivity contribution in [1.82, 2.24) is 5.32 Å². The molecule has 0 atom stereocenters. The van der Waals surface area contributed by atoms with E-state index in [1.165, 1.54) is 38.5 Å². The molecule has 0 saturated carbocycles. The van der Waals surface area contributed by atoms with Crippen molar-refractivity contribution >= 4 is 5.91 Å². The molecule has 0 aliphatic rings. The zero-order valence-corrected chi connectivity index (χ0v) is 12.6. The molecule has 0 heterocycles. The maximum absolute atomic E-state index is 11.7. The minimum atomic E-state index is -0.160. The van der Waals surface area contributed by atoms with Gasteiger partial charge in [-0.1, -0.05) is 45.4 Å². The number of amides is 1. The van der Waals surface area contributed by atoms with Crippen LogP contribution in [-0.4, -0.2) is 18.0 Å². The van der Waals surface area contributed by atoms with Crippen LogP contribution >= 0.6 is 0 Å². The Hall–Kier alpha value is -0.570. The number of nitrogens with one attached hydrogen (secondary N) is 1. The van der Waals surface area contributed by atoms with Gasteiger partial charge in [-0.25, -0.2) is 0 Å². The van der Waals surface area contributed by atoms with Crippen LogP contribution < -0.4 is 11.1 Å².